The molecule has 0 radical (unpaired) electrons. The van der Waals surface area contributed by atoms with Gasteiger partial charge in [-0.15, -0.1) is 0 Å². The number of aromatic nitrogens is 1. The summed E-state index contributed by atoms with van der Waals surface area (Å²) in [7, 11) is 0. The van der Waals surface area contributed by atoms with Crippen LogP contribution in [0.2, 0.25) is 0 Å². The quantitative estimate of drug-likeness (QED) is 0.602. The zero-order valence-electron chi connectivity index (χ0n) is 9.47. The van der Waals surface area contributed by atoms with Crippen LogP contribution in [0.25, 0.3) is 0 Å². The molecule has 0 atom stereocenters. The Morgan fingerprint density at radius 2 is 2.06 bits per heavy atom. The molecule has 0 aliphatic carbocycles. The van der Waals surface area contributed by atoms with Crippen molar-refractivity contribution in [2.45, 2.75) is 6.92 Å². The molecule has 0 amide bonds. The van der Waals surface area contributed by atoms with Gasteiger partial charge in [0.25, 0.3) is 0 Å². The number of rotatable bonds is 2. The average molecular weight is 483 g/mol. The predicted molar refractivity (Wildman–Crippen MR) is 91.2 cm³/mol. The van der Waals surface area contributed by atoms with E-state index in [-0.39, 0.29) is 0 Å². The molecule has 0 unspecified atom stereocenters. The van der Waals surface area contributed by atoms with Crippen molar-refractivity contribution in [1.29, 1.82) is 0 Å². The Balaban J connectivity index is 2.34. The Labute approximate surface area is 136 Å². The van der Waals surface area contributed by atoms with E-state index in [1.54, 1.807) is 6.20 Å². The first kappa shape index (κ1) is 14.1. The zero-order chi connectivity index (χ0) is 13.3. The lowest BCUT2D eigenvalue weighted by Crippen LogP contribution is -1.99. The molecule has 2 aromatic rings. The molecule has 0 fully saturated rings. The zero-order valence-corrected chi connectivity index (χ0v) is 14.8. The van der Waals surface area contributed by atoms with Crippen molar-refractivity contribution in [3.63, 3.8) is 0 Å². The molecule has 1 aromatic heterocycles. The van der Waals surface area contributed by atoms with E-state index in [0.29, 0.717) is 5.69 Å². The summed E-state index contributed by atoms with van der Waals surface area (Å²) in [5.74, 6) is 0.759. The Kier molecular flexibility index (Phi) is 4.50. The number of nitrogens with one attached hydrogen (secondary N) is 1. The van der Waals surface area contributed by atoms with Crippen LogP contribution in [-0.4, -0.2) is 4.98 Å². The van der Waals surface area contributed by atoms with Gasteiger partial charge in [0, 0.05) is 13.7 Å². The highest BCUT2D eigenvalue weighted by molar-refractivity contribution is 14.1. The number of halogens is 3. The van der Waals surface area contributed by atoms with Crippen LogP contribution in [0.1, 0.15) is 5.56 Å². The summed E-state index contributed by atoms with van der Waals surface area (Å²) in [4.78, 5) is 4.29. The minimum Gasteiger partial charge on any atom is -0.397 e. The lowest BCUT2D eigenvalue weighted by molar-refractivity contribution is 1.25. The van der Waals surface area contributed by atoms with Gasteiger partial charge in [-0.05, 0) is 85.1 Å². The van der Waals surface area contributed by atoms with Crippen molar-refractivity contribution >= 4 is 71.6 Å². The van der Waals surface area contributed by atoms with Gasteiger partial charge in [0.1, 0.15) is 5.82 Å². The van der Waals surface area contributed by atoms with Crippen LogP contribution in [-0.2, 0) is 0 Å². The van der Waals surface area contributed by atoms with E-state index in [1.807, 2.05) is 25.1 Å². The Bertz CT molecular complexity index is 602. The number of pyridine rings is 1. The highest BCUT2D eigenvalue weighted by Gasteiger charge is 2.08. The molecule has 1 heterocycles. The van der Waals surface area contributed by atoms with E-state index >= 15 is 0 Å². The largest absolute Gasteiger partial charge is 0.397 e. The van der Waals surface area contributed by atoms with Gasteiger partial charge in [-0.3, -0.25) is 0 Å². The first-order chi connectivity index (χ1) is 8.49. The maximum atomic E-state index is 5.80. The molecule has 0 aliphatic heterocycles. The average Bonchev–Trinajstić information content (AvgIpc) is 2.34. The number of hydrogen-bond acceptors (Lipinski definition) is 3. The first-order valence-corrected chi connectivity index (χ1v) is 7.78. The van der Waals surface area contributed by atoms with Gasteiger partial charge in [-0.25, -0.2) is 4.98 Å². The highest BCUT2D eigenvalue weighted by Crippen LogP contribution is 2.31. The first-order valence-electron chi connectivity index (χ1n) is 5.11. The van der Waals surface area contributed by atoms with Crippen molar-refractivity contribution in [2.75, 3.05) is 11.1 Å². The second kappa shape index (κ2) is 5.75. The van der Waals surface area contributed by atoms with Crippen LogP contribution in [0.15, 0.2) is 33.3 Å². The van der Waals surface area contributed by atoms with Gasteiger partial charge in [-0.1, -0.05) is 0 Å². The third-order valence-electron chi connectivity index (χ3n) is 2.49. The summed E-state index contributed by atoms with van der Waals surface area (Å²) in [5.41, 5.74) is 8.43. The lowest BCUT2D eigenvalue weighted by atomic mass is 10.2. The summed E-state index contributed by atoms with van der Waals surface area (Å²) in [5, 5.41) is 3.26. The number of benzene rings is 1. The van der Waals surface area contributed by atoms with Crippen molar-refractivity contribution in [3.8, 4) is 0 Å². The van der Waals surface area contributed by atoms with E-state index < -0.39 is 0 Å². The molecule has 6 heteroatoms. The fourth-order valence-corrected chi connectivity index (χ4v) is 2.53. The highest BCUT2D eigenvalue weighted by atomic mass is 127. The molecule has 3 N–H and O–H groups in total. The van der Waals surface area contributed by atoms with Gasteiger partial charge in [0.15, 0.2) is 0 Å². The number of nitrogen functional groups attached to an aromatic ring is 1. The molecule has 18 heavy (non-hydrogen) atoms. The predicted octanol–water partition coefficient (Wildman–Crippen LogP) is 4.85. The van der Waals surface area contributed by atoms with Crippen LogP contribution in [0, 0.1) is 10.5 Å². The molecule has 0 saturated carbocycles. The Morgan fingerprint density at radius 1 is 1.33 bits per heavy atom. The van der Waals surface area contributed by atoms with Gasteiger partial charge in [-0.2, -0.15) is 0 Å². The maximum absolute atomic E-state index is 5.80. The fourth-order valence-electron chi connectivity index (χ4n) is 1.39. The standard InChI is InChI=1S/C12H10Br2IN3/c1-6-10(16)5-17-12(11(6)14)18-7-2-3-9(15)8(13)4-7/h2-5H,16H2,1H3,(H,17,18). The van der Waals surface area contributed by atoms with Crippen LogP contribution in [0.4, 0.5) is 17.2 Å². The molecular weight excluding hydrogens is 473 g/mol. The number of hydrogen-bond donors (Lipinski definition) is 2. The van der Waals surface area contributed by atoms with E-state index in [4.69, 9.17) is 5.73 Å². The topological polar surface area (TPSA) is 50.9 Å². The molecule has 2 rings (SSSR count). The minimum atomic E-state index is 0.677. The van der Waals surface area contributed by atoms with Crippen LogP contribution in [0.3, 0.4) is 0 Å². The molecule has 94 valence electrons. The Hall–Kier alpha value is -0.340. The maximum Gasteiger partial charge on any atom is 0.145 e. The second-order valence-electron chi connectivity index (χ2n) is 3.76. The van der Waals surface area contributed by atoms with E-state index in [2.05, 4.69) is 64.8 Å². The van der Waals surface area contributed by atoms with Gasteiger partial charge in [0.05, 0.1) is 16.4 Å². The minimum absolute atomic E-state index is 0.677. The lowest BCUT2D eigenvalue weighted by Gasteiger charge is -2.11. The van der Waals surface area contributed by atoms with Crippen LogP contribution >= 0.6 is 54.5 Å². The monoisotopic (exact) mass is 481 g/mol. The fraction of sp³-hybridized carbons (Fsp3) is 0.0833. The Morgan fingerprint density at radius 3 is 2.72 bits per heavy atom. The van der Waals surface area contributed by atoms with E-state index in [0.717, 1.165) is 26.0 Å². The molecule has 0 spiro atoms. The SMILES string of the molecule is Cc1c(N)cnc(Nc2ccc(I)c(Br)c2)c1Br. The summed E-state index contributed by atoms with van der Waals surface area (Å²) < 4.78 is 3.10. The van der Waals surface area contributed by atoms with Gasteiger partial charge < -0.3 is 11.1 Å². The van der Waals surface area contributed by atoms with Crippen molar-refractivity contribution in [2.24, 2.45) is 0 Å². The van der Waals surface area contributed by atoms with Crippen LogP contribution < -0.4 is 11.1 Å². The van der Waals surface area contributed by atoms with Crippen molar-refractivity contribution in [1.82, 2.24) is 4.98 Å². The summed E-state index contributed by atoms with van der Waals surface area (Å²) in [6.45, 7) is 1.95. The van der Waals surface area contributed by atoms with Gasteiger partial charge >= 0.3 is 0 Å². The molecule has 0 aliphatic rings. The molecular formula is C12H10Br2IN3. The normalized spacial score (nSPS) is 10.4. The van der Waals surface area contributed by atoms with E-state index in [1.165, 1.54) is 3.57 Å². The summed E-state index contributed by atoms with van der Waals surface area (Å²) in [6, 6.07) is 6.05. The van der Waals surface area contributed by atoms with Crippen molar-refractivity contribution < 1.29 is 0 Å². The van der Waals surface area contributed by atoms with Crippen molar-refractivity contribution in [3.05, 3.63) is 42.5 Å². The molecule has 0 saturated heterocycles. The molecule has 1 aromatic carbocycles. The third kappa shape index (κ3) is 2.97. The van der Waals surface area contributed by atoms with Gasteiger partial charge in [0.2, 0.25) is 0 Å². The van der Waals surface area contributed by atoms with Crippen LogP contribution in [0.5, 0.6) is 0 Å². The summed E-state index contributed by atoms with van der Waals surface area (Å²) in [6.07, 6.45) is 1.66. The number of anilines is 3. The smallest absolute Gasteiger partial charge is 0.145 e. The summed E-state index contributed by atoms with van der Waals surface area (Å²) >= 11 is 9.28. The molecule has 3 nitrogen and oxygen atoms in total. The van der Waals surface area contributed by atoms with E-state index in [9.17, 15) is 0 Å². The molecule has 0 bridgehead atoms. The number of nitrogens with zero attached hydrogens (tertiary/aromatic N) is 1. The second-order valence-corrected chi connectivity index (χ2v) is 6.56. The number of nitrogens with two attached hydrogens (primary N) is 1. The third-order valence-corrected chi connectivity index (χ3v) is 5.79.